The lowest BCUT2D eigenvalue weighted by molar-refractivity contribution is 0.102. The molecule has 0 aliphatic rings. The van der Waals surface area contributed by atoms with Crippen molar-refractivity contribution in [3.63, 3.8) is 0 Å². The highest BCUT2D eigenvalue weighted by atomic mass is 16.7. The number of rotatable bonds is 7. The fourth-order valence-electron chi connectivity index (χ4n) is 4.02. The van der Waals surface area contributed by atoms with Gasteiger partial charge in [-0.05, 0) is 48.7 Å². The molecular formula is C27H23N3O2. The molecule has 32 heavy (non-hydrogen) atoms. The molecule has 0 saturated carbocycles. The number of amides is 1. The van der Waals surface area contributed by atoms with E-state index in [1.165, 1.54) is 5.56 Å². The van der Waals surface area contributed by atoms with Crippen molar-refractivity contribution >= 4 is 33.4 Å². The maximum absolute atomic E-state index is 13.1. The zero-order valence-corrected chi connectivity index (χ0v) is 17.6. The minimum absolute atomic E-state index is 0.159. The Labute approximate surface area is 186 Å². The predicted molar refractivity (Wildman–Crippen MR) is 128 cm³/mol. The van der Waals surface area contributed by atoms with Gasteiger partial charge in [-0.25, -0.2) is 0 Å². The molecule has 5 nitrogen and oxygen atoms in total. The number of benzene rings is 3. The third-order valence-corrected chi connectivity index (χ3v) is 5.51. The average molecular weight is 422 g/mol. The van der Waals surface area contributed by atoms with Crippen LogP contribution in [0.5, 0.6) is 0 Å². The van der Waals surface area contributed by atoms with Gasteiger partial charge in [-0.3, -0.25) is 9.78 Å². The molecule has 0 atom stereocenters. The van der Waals surface area contributed by atoms with Crippen molar-refractivity contribution < 1.29 is 9.63 Å². The normalized spacial score (nSPS) is 11.0. The number of anilines is 1. The van der Waals surface area contributed by atoms with Crippen LogP contribution in [0.15, 0.2) is 97.3 Å². The molecule has 0 bridgehead atoms. The Kier molecular flexibility index (Phi) is 5.54. The topological polar surface area (TPSA) is 56.2 Å². The van der Waals surface area contributed by atoms with Crippen LogP contribution in [0, 0.1) is 0 Å². The molecule has 5 aromatic rings. The number of para-hydroxylation sites is 1. The summed E-state index contributed by atoms with van der Waals surface area (Å²) in [4.78, 5) is 23.3. The van der Waals surface area contributed by atoms with Gasteiger partial charge in [0.1, 0.15) is 6.61 Å². The lowest BCUT2D eigenvalue weighted by atomic mass is 10.1. The maximum Gasteiger partial charge on any atom is 0.256 e. The quantitative estimate of drug-likeness (QED) is 0.353. The fraction of sp³-hybridized carbons (Fsp3) is 0.111. The molecule has 0 fully saturated rings. The highest BCUT2D eigenvalue weighted by molar-refractivity contribution is 6.20. The Morgan fingerprint density at radius 2 is 1.59 bits per heavy atom. The van der Waals surface area contributed by atoms with E-state index in [1.54, 1.807) is 24.5 Å². The lowest BCUT2D eigenvalue weighted by Gasteiger charge is -2.10. The van der Waals surface area contributed by atoms with Crippen molar-refractivity contribution in [2.24, 2.45) is 0 Å². The molecule has 2 heterocycles. The molecule has 0 radical (unpaired) electrons. The van der Waals surface area contributed by atoms with E-state index in [0.29, 0.717) is 17.9 Å². The van der Waals surface area contributed by atoms with Gasteiger partial charge in [0.05, 0.1) is 11.0 Å². The highest BCUT2D eigenvalue weighted by Gasteiger charge is 2.18. The summed E-state index contributed by atoms with van der Waals surface area (Å²) in [5.74, 6) is -0.159. The van der Waals surface area contributed by atoms with Gasteiger partial charge in [0.15, 0.2) is 0 Å². The van der Waals surface area contributed by atoms with Crippen LogP contribution < -0.4 is 10.2 Å². The summed E-state index contributed by atoms with van der Waals surface area (Å²) in [5.41, 5.74) is 4.46. The van der Waals surface area contributed by atoms with E-state index >= 15 is 0 Å². The molecule has 2 aromatic heterocycles. The summed E-state index contributed by atoms with van der Waals surface area (Å²) in [5, 5.41) is 4.84. The molecule has 0 aliphatic heterocycles. The van der Waals surface area contributed by atoms with E-state index in [9.17, 15) is 4.79 Å². The number of carbonyl (C=O) groups excluding carboxylic acids is 1. The van der Waals surface area contributed by atoms with Crippen LogP contribution in [0.2, 0.25) is 0 Å². The number of nitrogens with zero attached hydrogens (tertiary/aromatic N) is 2. The third-order valence-electron chi connectivity index (χ3n) is 5.51. The van der Waals surface area contributed by atoms with Crippen molar-refractivity contribution in [2.45, 2.75) is 12.8 Å². The molecule has 3 aromatic carbocycles. The number of pyridine rings is 1. The van der Waals surface area contributed by atoms with Crippen molar-refractivity contribution in [1.29, 1.82) is 0 Å². The fourth-order valence-corrected chi connectivity index (χ4v) is 4.02. The molecular weight excluding hydrogens is 398 g/mol. The Morgan fingerprint density at radius 3 is 2.44 bits per heavy atom. The second-order valence-corrected chi connectivity index (χ2v) is 7.62. The van der Waals surface area contributed by atoms with Gasteiger partial charge in [-0.15, -0.1) is 0 Å². The van der Waals surface area contributed by atoms with Crippen LogP contribution in [0.4, 0.5) is 5.69 Å². The van der Waals surface area contributed by atoms with E-state index in [2.05, 4.69) is 34.6 Å². The van der Waals surface area contributed by atoms with E-state index in [-0.39, 0.29) is 5.91 Å². The first-order valence-corrected chi connectivity index (χ1v) is 10.7. The van der Waals surface area contributed by atoms with Gasteiger partial charge < -0.3 is 10.2 Å². The summed E-state index contributed by atoms with van der Waals surface area (Å²) >= 11 is 0. The molecule has 1 amide bonds. The van der Waals surface area contributed by atoms with Crippen molar-refractivity contribution in [3.05, 3.63) is 108 Å². The number of hydrogen-bond donors (Lipinski definition) is 1. The van der Waals surface area contributed by atoms with Crippen LogP contribution in [0.1, 0.15) is 22.3 Å². The van der Waals surface area contributed by atoms with Gasteiger partial charge >= 0.3 is 0 Å². The van der Waals surface area contributed by atoms with E-state index in [1.807, 2.05) is 53.3 Å². The molecule has 5 rings (SSSR count). The molecule has 158 valence electrons. The number of nitrogens with one attached hydrogen (secondary N) is 1. The Morgan fingerprint density at radius 1 is 0.844 bits per heavy atom. The van der Waals surface area contributed by atoms with Crippen molar-refractivity contribution in [3.8, 4) is 0 Å². The predicted octanol–water partition coefficient (Wildman–Crippen LogP) is 5.50. The summed E-state index contributed by atoms with van der Waals surface area (Å²) in [7, 11) is 0. The van der Waals surface area contributed by atoms with Gasteiger partial charge in [0, 0.05) is 34.4 Å². The summed E-state index contributed by atoms with van der Waals surface area (Å²) in [6.45, 7) is 0.579. The standard InChI is InChI=1S/C27H23N3O2/c31-27(29-21-15-17-28-18-16-21)23-12-6-14-25-26(23)22-11-4-5-13-24(22)30(25)32-19-7-10-20-8-2-1-3-9-20/h1-6,8-9,11-18H,7,10,19H2,(H,28,29,31). The zero-order valence-electron chi connectivity index (χ0n) is 17.6. The highest BCUT2D eigenvalue weighted by Crippen LogP contribution is 2.31. The average Bonchev–Trinajstić information content (AvgIpc) is 3.17. The minimum Gasteiger partial charge on any atom is -0.413 e. The van der Waals surface area contributed by atoms with Gasteiger partial charge in [-0.1, -0.05) is 54.6 Å². The molecule has 0 saturated heterocycles. The van der Waals surface area contributed by atoms with Crippen LogP contribution in [-0.4, -0.2) is 22.2 Å². The van der Waals surface area contributed by atoms with E-state index < -0.39 is 0 Å². The lowest BCUT2D eigenvalue weighted by Crippen LogP contribution is -2.14. The Hall–Kier alpha value is -4.12. The first-order valence-electron chi connectivity index (χ1n) is 10.7. The zero-order chi connectivity index (χ0) is 21.8. The van der Waals surface area contributed by atoms with Crippen LogP contribution in [-0.2, 0) is 6.42 Å². The maximum atomic E-state index is 13.1. The smallest absolute Gasteiger partial charge is 0.256 e. The van der Waals surface area contributed by atoms with Gasteiger partial charge in [-0.2, -0.15) is 4.73 Å². The largest absolute Gasteiger partial charge is 0.413 e. The molecule has 0 aliphatic carbocycles. The molecule has 5 heteroatoms. The van der Waals surface area contributed by atoms with Crippen molar-refractivity contribution in [2.75, 3.05) is 11.9 Å². The number of fused-ring (bicyclic) bond motifs is 3. The monoisotopic (exact) mass is 421 g/mol. The van der Waals surface area contributed by atoms with E-state index in [4.69, 9.17) is 4.84 Å². The van der Waals surface area contributed by atoms with Gasteiger partial charge in [0.25, 0.3) is 5.91 Å². The summed E-state index contributed by atoms with van der Waals surface area (Å²) in [6.07, 6.45) is 5.18. The van der Waals surface area contributed by atoms with Crippen LogP contribution >= 0.6 is 0 Å². The number of hydrogen-bond acceptors (Lipinski definition) is 3. The first kappa shape index (κ1) is 19.8. The second kappa shape index (κ2) is 8.94. The van der Waals surface area contributed by atoms with Crippen molar-refractivity contribution in [1.82, 2.24) is 9.71 Å². The number of aryl methyl sites for hydroxylation is 1. The Balaban J connectivity index is 1.45. The Bertz CT molecular complexity index is 1360. The number of carbonyl (C=O) groups is 1. The third kappa shape index (κ3) is 3.93. The molecule has 0 unspecified atom stereocenters. The minimum atomic E-state index is -0.159. The second-order valence-electron chi connectivity index (χ2n) is 7.62. The summed E-state index contributed by atoms with van der Waals surface area (Å²) in [6, 6.07) is 27.7. The molecule has 0 spiro atoms. The molecule has 1 N–H and O–H groups in total. The number of aromatic nitrogens is 2. The SMILES string of the molecule is O=C(Nc1ccncc1)c1cccc2c1c1ccccc1n2OCCCc1ccccc1. The van der Waals surface area contributed by atoms with Gasteiger partial charge in [0.2, 0.25) is 0 Å². The summed E-state index contributed by atoms with van der Waals surface area (Å²) < 4.78 is 1.86. The van der Waals surface area contributed by atoms with Crippen LogP contribution in [0.25, 0.3) is 21.8 Å². The van der Waals surface area contributed by atoms with Crippen LogP contribution in [0.3, 0.4) is 0 Å². The first-order chi connectivity index (χ1) is 15.8. The van der Waals surface area contributed by atoms with E-state index in [0.717, 1.165) is 34.6 Å².